The molecule has 1 amide bonds. The maximum absolute atomic E-state index is 12.0. The zero-order valence-corrected chi connectivity index (χ0v) is 12.2. The molecule has 2 aromatic rings. The van der Waals surface area contributed by atoms with Crippen LogP contribution < -0.4 is 5.32 Å². The predicted molar refractivity (Wildman–Crippen MR) is 74.2 cm³/mol. The van der Waals surface area contributed by atoms with Crippen LogP contribution in [0.25, 0.3) is 0 Å². The van der Waals surface area contributed by atoms with Crippen LogP contribution in [0, 0.1) is 13.8 Å². The molecule has 0 bridgehead atoms. The number of rotatable bonds is 4. The van der Waals surface area contributed by atoms with E-state index in [1.807, 2.05) is 13.8 Å². The highest BCUT2D eigenvalue weighted by atomic mass is 32.1. The van der Waals surface area contributed by atoms with Crippen molar-refractivity contribution in [2.24, 2.45) is 0 Å². The molecule has 2 aromatic heterocycles. The van der Waals surface area contributed by atoms with Crippen LogP contribution in [-0.4, -0.2) is 23.6 Å². The maximum atomic E-state index is 12.0. The van der Waals surface area contributed by atoms with Crippen LogP contribution in [0.1, 0.15) is 38.3 Å². The topological polar surface area (TPSA) is 81.4 Å². The van der Waals surface area contributed by atoms with Crippen molar-refractivity contribution in [3.8, 4) is 0 Å². The summed E-state index contributed by atoms with van der Waals surface area (Å²) in [6.07, 6.45) is 1.38. The summed E-state index contributed by atoms with van der Waals surface area (Å²) in [7, 11) is 0. The van der Waals surface area contributed by atoms with Crippen LogP contribution in [0.15, 0.2) is 16.8 Å². The predicted octanol–water partition coefficient (Wildman–Crippen LogP) is 2.78. The molecule has 2 heterocycles. The van der Waals surface area contributed by atoms with Crippen molar-refractivity contribution in [2.75, 3.05) is 11.9 Å². The van der Waals surface area contributed by atoms with Gasteiger partial charge in [0.15, 0.2) is 0 Å². The van der Waals surface area contributed by atoms with Gasteiger partial charge in [0.1, 0.15) is 5.00 Å². The van der Waals surface area contributed by atoms with Gasteiger partial charge in [-0.1, -0.05) is 5.16 Å². The quantitative estimate of drug-likeness (QED) is 0.877. The molecule has 1 N–H and O–H groups in total. The second kappa shape index (κ2) is 5.87. The van der Waals surface area contributed by atoms with E-state index in [4.69, 9.17) is 9.26 Å². The summed E-state index contributed by atoms with van der Waals surface area (Å²) in [6, 6.07) is 1.45. The number of nitrogens with one attached hydrogen (secondary N) is 1. The van der Waals surface area contributed by atoms with Crippen LogP contribution >= 0.6 is 11.3 Å². The monoisotopic (exact) mass is 294 g/mol. The summed E-state index contributed by atoms with van der Waals surface area (Å²) in [5, 5.41) is 6.59. The molecule has 0 aliphatic heterocycles. The minimum absolute atomic E-state index is 0.0866. The van der Waals surface area contributed by atoms with Crippen molar-refractivity contribution in [1.29, 1.82) is 0 Å². The van der Waals surface area contributed by atoms with Crippen LogP contribution in [0.4, 0.5) is 5.00 Å². The van der Waals surface area contributed by atoms with E-state index in [0.29, 0.717) is 10.6 Å². The standard InChI is InChI=1S/C13H14N2O4S/c1-4-18-13(17)10-7(2)8(3)20-12(10)15-11(16)9-5-6-14-19-9/h5-6H,4H2,1-3H3,(H,15,16). The molecule has 0 aliphatic carbocycles. The number of nitrogens with zero attached hydrogens (tertiary/aromatic N) is 1. The van der Waals surface area contributed by atoms with E-state index in [0.717, 1.165) is 10.4 Å². The van der Waals surface area contributed by atoms with Crippen LogP contribution in [-0.2, 0) is 4.74 Å². The molecule has 0 spiro atoms. The normalized spacial score (nSPS) is 10.3. The zero-order valence-electron chi connectivity index (χ0n) is 11.4. The summed E-state index contributed by atoms with van der Waals surface area (Å²) in [5.41, 5.74) is 1.20. The van der Waals surface area contributed by atoms with Crippen LogP contribution in [0.3, 0.4) is 0 Å². The van der Waals surface area contributed by atoms with Crippen molar-refractivity contribution < 1.29 is 18.8 Å². The molecule has 0 aromatic carbocycles. The molecule has 0 saturated heterocycles. The lowest BCUT2D eigenvalue weighted by Gasteiger charge is -2.05. The van der Waals surface area contributed by atoms with Gasteiger partial charge in [-0.3, -0.25) is 4.79 Å². The Morgan fingerprint density at radius 2 is 2.20 bits per heavy atom. The number of hydrogen-bond acceptors (Lipinski definition) is 6. The smallest absolute Gasteiger partial charge is 0.341 e. The van der Waals surface area contributed by atoms with E-state index >= 15 is 0 Å². The lowest BCUT2D eigenvalue weighted by Crippen LogP contribution is -2.14. The van der Waals surface area contributed by atoms with Gasteiger partial charge in [-0.15, -0.1) is 11.3 Å². The second-order valence-corrected chi connectivity index (χ2v) is 5.26. The van der Waals surface area contributed by atoms with Crippen molar-refractivity contribution in [2.45, 2.75) is 20.8 Å². The third-order valence-corrected chi connectivity index (χ3v) is 3.88. The Morgan fingerprint density at radius 1 is 1.45 bits per heavy atom. The molecule has 0 atom stereocenters. The average Bonchev–Trinajstić information content (AvgIpc) is 3.00. The van der Waals surface area contributed by atoms with Gasteiger partial charge in [-0.2, -0.15) is 0 Å². The molecule has 0 fully saturated rings. The first kappa shape index (κ1) is 14.3. The Labute approximate surface area is 119 Å². The number of hydrogen-bond donors (Lipinski definition) is 1. The fourth-order valence-corrected chi connectivity index (χ4v) is 2.71. The minimum Gasteiger partial charge on any atom is -0.462 e. The molecule has 106 valence electrons. The first-order chi connectivity index (χ1) is 9.54. The van der Waals surface area contributed by atoms with E-state index < -0.39 is 11.9 Å². The number of esters is 1. The van der Waals surface area contributed by atoms with Gasteiger partial charge in [0.05, 0.1) is 18.4 Å². The summed E-state index contributed by atoms with van der Waals surface area (Å²) < 4.78 is 9.79. The Balaban J connectivity index is 2.30. The number of carbonyl (C=O) groups is 2. The van der Waals surface area contributed by atoms with Crippen LogP contribution in [0.5, 0.6) is 0 Å². The van der Waals surface area contributed by atoms with Gasteiger partial charge in [0, 0.05) is 10.9 Å². The maximum Gasteiger partial charge on any atom is 0.341 e. The number of carbonyl (C=O) groups excluding carboxylic acids is 2. The number of aromatic nitrogens is 1. The zero-order chi connectivity index (χ0) is 14.7. The highest BCUT2D eigenvalue weighted by Gasteiger charge is 2.23. The number of ether oxygens (including phenoxy) is 1. The SMILES string of the molecule is CCOC(=O)c1c(NC(=O)c2ccno2)sc(C)c1C. The Bertz CT molecular complexity index is 631. The van der Waals surface area contributed by atoms with Crippen molar-refractivity contribution in [1.82, 2.24) is 5.16 Å². The van der Waals surface area contributed by atoms with Gasteiger partial charge in [0.25, 0.3) is 5.91 Å². The van der Waals surface area contributed by atoms with E-state index in [1.54, 1.807) is 6.92 Å². The fourth-order valence-electron chi connectivity index (χ4n) is 1.66. The molecular formula is C13H14N2O4S. The van der Waals surface area contributed by atoms with E-state index in [9.17, 15) is 9.59 Å². The average molecular weight is 294 g/mol. The summed E-state index contributed by atoms with van der Waals surface area (Å²) in [5.74, 6) is -0.806. The molecule has 0 aliphatic rings. The molecule has 6 nitrogen and oxygen atoms in total. The Hall–Kier alpha value is -2.15. The summed E-state index contributed by atoms with van der Waals surface area (Å²) in [6.45, 7) is 5.72. The summed E-state index contributed by atoms with van der Waals surface area (Å²) in [4.78, 5) is 24.8. The van der Waals surface area contributed by atoms with Gasteiger partial charge in [-0.05, 0) is 26.3 Å². The molecular weight excluding hydrogens is 280 g/mol. The number of amides is 1. The number of aryl methyl sites for hydroxylation is 1. The van der Waals surface area contributed by atoms with Gasteiger partial charge in [-0.25, -0.2) is 4.79 Å². The lowest BCUT2D eigenvalue weighted by atomic mass is 10.1. The van der Waals surface area contributed by atoms with E-state index in [1.165, 1.54) is 23.6 Å². The highest BCUT2D eigenvalue weighted by Crippen LogP contribution is 2.33. The number of anilines is 1. The lowest BCUT2D eigenvalue weighted by molar-refractivity contribution is 0.0527. The number of thiophene rings is 1. The van der Waals surface area contributed by atoms with E-state index in [-0.39, 0.29) is 12.4 Å². The molecule has 0 unspecified atom stereocenters. The first-order valence-corrected chi connectivity index (χ1v) is 6.85. The molecule has 7 heteroatoms. The highest BCUT2D eigenvalue weighted by molar-refractivity contribution is 7.16. The van der Waals surface area contributed by atoms with Gasteiger partial charge < -0.3 is 14.6 Å². The summed E-state index contributed by atoms with van der Waals surface area (Å²) >= 11 is 1.33. The van der Waals surface area contributed by atoms with Crippen molar-refractivity contribution in [3.63, 3.8) is 0 Å². The van der Waals surface area contributed by atoms with E-state index in [2.05, 4.69) is 10.5 Å². The third-order valence-electron chi connectivity index (χ3n) is 2.75. The molecule has 20 heavy (non-hydrogen) atoms. The van der Waals surface area contributed by atoms with Crippen molar-refractivity contribution >= 4 is 28.2 Å². The first-order valence-electron chi connectivity index (χ1n) is 6.03. The van der Waals surface area contributed by atoms with Gasteiger partial charge in [0.2, 0.25) is 5.76 Å². The fraction of sp³-hybridized carbons (Fsp3) is 0.308. The van der Waals surface area contributed by atoms with Crippen molar-refractivity contribution in [3.05, 3.63) is 34.0 Å². The Morgan fingerprint density at radius 3 is 2.80 bits per heavy atom. The molecule has 2 rings (SSSR count). The molecule has 0 saturated carbocycles. The van der Waals surface area contributed by atoms with Crippen LogP contribution in [0.2, 0.25) is 0 Å². The molecule has 0 radical (unpaired) electrons. The second-order valence-electron chi connectivity index (χ2n) is 4.04. The Kier molecular flexibility index (Phi) is 4.19. The third kappa shape index (κ3) is 2.72. The largest absolute Gasteiger partial charge is 0.462 e. The minimum atomic E-state index is -0.450. The van der Waals surface area contributed by atoms with Gasteiger partial charge >= 0.3 is 5.97 Å².